The Bertz CT molecular complexity index is 531. The number of nitrogens with zero attached hydrogens (tertiary/aromatic N) is 2. The second kappa shape index (κ2) is 7.20. The van der Waals surface area contributed by atoms with Crippen LogP contribution in [0.15, 0.2) is 18.2 Å². The van der Waals surface area contributed by atoms with Crippen molar-refractivity contribution in [3.63, 3.8) is 0 Å². The van der Waals surface area contributed by atoms with Crippen molar-refractivity contribution in [3.05, 3.63) is 34.6 Å². The molecule has 0 aliphatic carbocycles. The molecule has 1 atom stereocenters. The largest absolute Gasteiger partial charge is 0.341 e. The van der Waals surface area contributed by atoms with Gasteiger partial charge in [-0.1, -0.05) is 17.7 Å². The van der Waals surface area contributed by atoms with Crippen LogP contribution in [0.1, 0.15) is 12.0 Å². The van der Waals surface area contributed by atoms with Crippen molar-refractivity contribution >= 4 is 29.3 Å². The van der Waals surface area contributed by atoms with Crippen molar-refractivity contribution in [1.82, 2.24) is 9.80 Å². The summed E-state index contributed by atoms with van der Waals surface area (Å²) in [6.07, 6.45) is 0.856. The summed E-state index contributed by atoms with van der Waals surface area (Å²) in [6.45, 7) is 3.72. The van der Waals surface area contributed by atoms with Crippen molar-refractivity contribution in [2.75, 3.05) is 37.7 Å². The van der Waals surface area contributed by atoms with E-state index in [-0.39, 0.29) is 17.6 Å². The molecule has 1 aromatic rings. The van der Waals surface area contributed by atoms with Crippen molar-refractivity contribution in [1.29, 1.82) is 0 Å². The number of carbonyl (C=O) groups is 1. The number of carbonyl (C=O) groups excluding carboxylic acids is 1. The second-order valence-electron chi connectivity index (χ2n) is 5.86. The number of likely N-dealkylation sites (tertiary alicyclic amines) is 1. The van der Waals surface area contributed by atoms with Gasteiger partial charge in [0.25, 0.3) is 0 Å². The van der Waals surface area contributed by atoms with E-state index in [2.05, 4.69) is 4.90 Å². The molecule has 0 aromatic heterocycles. The van der Waals surface area contributed by atoms with Crippen LogP contribution in [0, 0.1) is 11.7 Å². The van der Waals surface area contributed by atoms with Gasteiger partial charge in [0.15, 0.2) is 0 Å². The van der Waals surface area contributed by atoms with Gasteiger partial charge in [-0.3, -0.25) is 9.69 Å². The summed E-state index contributed by atoms with van der Waals surface area (Å²) in [5.41, 5.74) is 0.534. The molecule has 0 radical (unpaired) electrons. The lowest BCUT2D eigenvalue weighted by atomic mass is 10.1. The SMILES string of the molecule is O=C(C1CCN(Cc2c(F)cccc2Cl)C1)N1CCSCC1. The lowest BCUT2D eigenvalue weighted by molar-refractivity contribution is -0.134. The molecule has 1 aromatic carbocycles. The van der Waals surface area contributed by atoms with Crippen LogP contribution < -0.4 is 0 Å². The summed E-state index contributed by atoms with van der Waals surface area (Å²) in [7, 11) is 0. The standard InChI is InChI=1S/C16H20ClFN2OS/c17-14-2-1-3-15(18)13(14)11-19-5-4-12(10-19)16(21)20-6-8-22-9-7-20/h1-3,12H,4-11H2. The number of hydrogen-bond donors (Lipinski definition) is 0. The number of rotatable bonds is 3. The third kappa shape index (κ3) is 3.58. The van der Waals surface area contributed by atoms with Crippen molar-refractivity contribution in [2.45, 2.75) is 13.0 Å². The van der Waals surface area contributed by atoms with Gasteiger partial charge in [-0.25, -0.2) is 4.39 Å². The average molecular weight is 343 g/mol. The van der Waals surface area contributed by atoms with Gasteiger partial charge in [0.2, 0.25) is 5.91 Å². The van der Waals surface area contributed by atoms with E-state index in [1.807, 2.05) is 16.7 Å². The molecule has 2 aliphatic heterocycles. The lowest BCUT2D eigenvalue weighted by Gasteiger charge is -2.29. The van der Waals surface area contributed by atoms with Crippen LogP contribution in [-0.4, -0.2) is 53.4 Å². The van der Waals surface area contributed by atoms with Crippen molar-refractivity contribution < 1.29 is 9.18 Å². The zero-order valence-corrected chi connectivity index (χ0v) is 14.0. The minimum Gasteiger partial charge on any atom is -0.341 e. The first-order chi connectivity index (χ1) is 10.6. The van der Waals surface area contributed by atoms with Gasteiger partial charge < -0.3 is 4.90 Å². The molecule has 2 heterocycles. The van der Waals surface area contributed by atoms with E-state index in [1.165, 1.54) is 6.07 Å². The van der Waals surface area contributed by atoms with Crippen LogP contribution in [0.2, 0.25) is 5.02 Å². The highest BCUT2D eigenvalue weighted by Crippen LogP contribution is 2.26. The molecular formula is C16H20ClFN2OS. The van der Waals surface area contributed by atoms with Gasteiger partial charge in [0.1, 0.15) is 5.82 Å². The van der Waals surface area contributed by atoms with Crippen LogP contribution in [0.3, 0.4) is 0 Å². The summed E-state index contributed by atoms with van der Waals surface area (Å²) < 4.78 is 13.9. The van der Waals surface area contributed by atoms with Crippen LogP contribution in [0.5, 0.6) is 0 Å². The zero-order valence-electron chi connectivity index (χ0n) is 12.4. The minimum atomic E-state index is -0.268. The Hall–Kier alpha value is -0.780. The van der Waals surface area contributed by atoms with E-state index in [1.54, 1.807) is 12.1 Å². The topological polar surface area (TPSA) is 23.6 Å². The smallest absolute Gasteiger partial charge is 0.227 e. The van der Waals surface area contributed by atoms with Crippen LogP contribution >= 0.6 is 23.4 Å². The minimum absolute atomic E-state index is 0.0497. The molecule has 3 nitrogen and oxygen atoms in total. The third-order valence-electron chi connectivity index (χ3n) is 4.39. The van der Waals surface area contributed by atoms with Gasteiger partial charge in [-0.15, -0.1) is 0 Å². The first kappa shape index (κ1) is 16.1. The van der Waals surface area contributed by atoms with E-state index in [9.17, 15) is 9.18 Å². The Morgan fingerprint density at radius 3 is 2.82 bits per heavy atom. The van der Waals surface area contributed by atoms with Gasteiger partial charge >= 0.3 is 0 Å². The van der Waals surface area contributed by atoms with Crippen LogP contribution in [0.25, 0.3) is 0 Å². The number of hydrogen-bond acceptors (Lipinski definition) is 3. The molecule has 2 aliphatic rings. The Morgan fingerprint density at radius 1 is 1.32 bits per heavy atom. The maximum atomic E-state index is 13.9. The molecule has 0 bridgehead atoms. The summed E-state index contributed by atoms with van der Waals surface area (Å²) in [6, 6.07) is 4.77. The molecule has 1 unspecified atom stereocenters. The number of benzene rings is 1. The van der Waals surface area contributed by atoms with Crippen molar-refractivity contribution in [3.8, 4) is 0 Å². The first-order valence-electron chi connectivity index (χ1n) is 7.67. The molecule has 22 heavy (non-hydrogen) atoms. The molecule has 120 valence electrons. The van der Waals surface area contributed by atoms with E-state index in [0.29, 0.717) is 23.7 Å². The normalized spacial score (nSPS) is 23.0. The maximum absolute atomic E-state index is 13.9. The molecule has 2 saturated heterocycles. The van der Waals surface area contributed by atoms with E-state index in [4.69, 9.17) is 11.6 Å². The molecular weight excluding hydrogens is 323 g/mol. The molecule has 0 N–H and O–H groups in total. The Kier molecular flexibility index (Phi) is 5.26. The number of thioether (sulfide) groups is 1. The highest BCUT2D eigenvalue weighted by molar-refractivity contribution is 7.99. The third-order valence-corrected chi connectivity index (χ3v) is 5.68. The molecule has 2 fully saturated rings. The monoisotopic (exact) mass is 342 g/mol. The van der Waals surface area contributed by atoms with Crippen LogP contribution in [0.4, 0.5) is 4.39 Å². The summed E-state index contributed by atoms with van der Waals surface area (Å²) >= 11 is 7.99. The van der Waals surface area contributed by atoms with E-state index >= 15 is 0 Å². The molecule has 1 amide bonds. The fourth-order valence-electron chi connectivity index (χ4n) is 3.13. The van der Waals surface area contributed by atoms with Crippen molar-refractivity contribution in [2.24, 2.45) is 5.92 Å². The van der Waals surface area contributed by atoms with Gasteiger partial charge in [0.05, 0.1) is 5.92 Å². The number of amides is 1. The Balaban J connectivity index is 1.59. The molecule has 6 heteroatoms. The molecule has 0 saturated carbocycles. The second-order valence-corrected chi connectivity index (χ2v) is 7.49. The van der Waals surface area contributed by atoms with Gasteiger partial charge in [0, 0.05) is 48.3 Å². The zero-order chi connectivity index (χ0) is 15.5. The maximum Gasteiger partial charge on any atom is 0.227 e. The Labute approximate surface area is 139 Å². The molecule has 0 spiro atoms. The predicted molar refractivity (Wildman–Crippen MR) is 88.7 cm³/mol. The predicted octanol–water partition coefficient (Wildman–Crippen LogP) is 2.88. The highest BCUT2D eigenvalue weighted by atomic mass is 35.5. The highest BCUT2D eigenvalue weighted by Gasteiger charge is 2.32. The Morgan fingerprint density at radius 2 is 2.09 bits per heavy atom. The first-order valence-corrected chi connectivity index (χ1v) is 9.20. The fourth-order valence-corrected chi connectivity index (χ4v) is 4.25. The average Bonchev–Trinajstić information content (AvgIpc) is 3.00. The summed E-state index contributed by atoms with van der Waals surface area (Å²) in [4.78, 5) is 16.6. The van der Waals surface area contributed by atoms with Gasteiger partial charge in [-0.2, -0.15) is 11.8 Å². The van der Waals surface area contributed by atoms with Gasteiger partial charge in [-0.05, 0) is 25.1 Å². The summed E-state index contributed by atoms with van der Waals surface area (Å²) in [5, 5.41) is 0.461. The molecule has 3 rings (SSSR count). The number of halogens is 2. The lowest BCUT2D eigenvalue weighted by Crippen LogP contribution is -2.42. The quantitative estimate of drug-likeness (QED) is 0.844. The van der Waals surface area contributed by atoms with E-state index < -0.39 is 0 Å². The summed E-state index contributed by atoms with van der Waals surface area (Å²) in [5.74, 6) is 2.12. The van der Waals surface area contributed by atoms with E-state index in [0.717, 1.165) is 37.6 Å². The fraction of sp³-hybridized carbons (Fsp3) is 0.562. The van der Waals surface area contributed by atoms with Crippen LogP contribution in [-0.2, 0) is 11.3 Å².